The number of alkyl halides is 1. The Morgan fingerprint density at radius 1 is 1.56 bits per heavy atom. The highest BCUT2D eigenvalue weighted by Gasteiger charge is 2.10. The molecule has 16 heavy (non-hydrogen) atoms. The molecule has 1 heterocycles. The molecule has 0 aliphatic rings. The number of thiazole rings is 1. The van der Waals surface area contributed by atoms with Gasteiger partial charge in [-0.1, -0.05) is 22.9 Å². The maximum Gasteiger partial charge on any atom is 0.241 e. The smallest absolute Gasteiger partial charge is 0.241 e. The van der Waals surface area contributed by atoms with Crippen molar-refractivity contribution in [1.29, 1.82) is 0 Å². The Bertz CT molecular complexity index is 558. The highest BCUT2D eigenvalue weighted by Crippen LogP contribution is 2.33. The van der Waals surface area contributed by atoms with E-state index in [1.165, 1.54) is 11.3 Å². The van der Waals surface area contributed by atoms with Crippen LogP contribution in [0.4, 0.5) is 5.13 Å². The van der Waals surface area contributed by atoms with E-state index in [0.29, 0.717) is 10.2 Å². The number of hydrogen-bond acceptors (Lipinski definition) is 3. The van der Waals surface area contributed by atoms with Crippen LogP contribution in [0.2, 0.25) is 5.02 Å². The maximum atomic E-state index is 11.1. The van der Waals surface area contributed by atoms with Gasteiger partial charge in [-0.2, -0.15) is 0 Å². The first kappa shape index (κ1) is 12.1. The summed E-state index contributed by atoms with van der Waals surface area (Å²) in [5.74, 6) is -0.361. The first-order valence-electron chi connectivity index (χ1n) is 4.21. The second-order valence-corrected chi connectivity index (χ2v) is 5.52. The lowest BCUT2D eigenvalue weighted by Gasteiger charge is -1.94. The summed E-state index contributed by atoms with van der Waals surface area (Å²) in [4.78, 5) is 15.4. The summed E-state index contributed by atoms with van der Waals surface area (Å²) in [6, 6.07) is 3.56. The van der Waals surface area contributed by atoms with E-state index in [1.54, 1.807) is 12.1 Å². The monoisotopic (exact) mass is 338 g/mol. The van der Waals surface area contributed by atoms with Gasteiger partial charge in [-0.15, -0.1) is 11.6 Å². The first-order valence-corrected chi connectivity index (χ1v) is 6.74. The number of halogens is 3. The van der Waals surface area contributed by atoms with Crippen molar-refractivity contribution in [3.8, 4) is 0 Å². The van der Waals surface area contributed by atoms with Crippen molar-refractivity contribution in [3.63, 3.8) is 0 Å². The highest BCUT2D eigenvalue weighted by atomic mass is 79.9. The van der Waals surface area contributed by atoms with Crippen molar-refractivity contribution in [2.24, 2.45) is 0 Å². The topological polar surface area (TPSA) is 42.0 Å². The molecule has 3 nitrogen and oxygen atoms in total. The van der Waals surface area contributed by atoms with Crippen molar-refractivity contribution < 1.29 is 4.79 Å². The molecular weight excluding hydrogens is 335 g/mol. The largest absolute Gasteiger partial charge is 0.301 e. The maximum absolute atomic E-state index is 11.1. The predicted molar refractivity (Wildman–Crippen MR) is 71.7 cm³/mol. The summed E-state index contributed by atoms with van der Waals surface area (Å²) in [5, 5.41) is 3.74. The van der Waals surface area contributed by atoms with Gasteiger partial charge in [0.25, 0.3) is 0 Å². The van der Waals surface area contributed by atoms with Crippen molar-refractivity contribution in [2.75, 3.05) is 11.2 Å². The van der Waals surface area contributed by atoms with Gasteiger partial charge in [-0.25, -0.2) is 4.98 Å². The molecule has 1 amide bonds. The van der Waals surface area contributed by atoms with Gasteiger partial charge in [0.2, 0.25) is 5.91 Å². The standard InChI is InChI=1S/C9H5BrCl2N2OS/c10-5-1-4(12)2-6-8(5)14-9(16-6)13-7(15)3-11/h1-2H,3H2,(H,13,14,15). The lowest BCUT2D eigenvalue weighted by Crippen LogP contribution is -2.11. The van der Waals surface area contributed by atoms with Crippen LogP contribution in [0.1, 0.15) is 0 Å². The summed E-state index contributed by atoms with van der Waals surface area (Å²) >= 11 is 16.0. The molecule has 7 heteroatoms. The quantitative estimate of drug-likeness (QED) is 0.843. The third-order valence-corrected chi connectivity index (χ3v) is 3.76. The fraction of sp³-hybridized carbons (Fsp3) is 0.111. The molecule has 2 aromatic rings. The van der Waals surface area contributed by atoms with Crippen LogP contribution < -0.4 is 5.32 Å². The molecule has 0 bridgehead atoms. The van der Waals surface area contributed by atoms with Gasteiger partial charge >= 0.3 is 0 Å². The number of carbonyl (C=O) groups excluding carboxylic acids is 1. The van der Waals surface area contributed by atoms with Crippen molar-refractivity contribution >= 4 is 71.7 Å². The van der Waals surface area contributed by atoms with Crippen LogP contribution in [0, 0.1) is 0 Å². The van der Waals surface area contributed by atoms with E-state index in [-0.39, 0.29) is 11.8 Å². The Labute approximate surface area is 114 Å². The number of amides is 1. The number of nitrogens with zero attached hydrogens (tertiary/aromatic N) is 1. The Morgan fingerprint density at radius 3 is 3.00 bits per heavy atom. The molecule has 0 saturated heterocycles. The lowest BCUT2D eigenvalue weighted by atomic mass is 10.3. The van der Waals surface area contributed by atoms with Gasteiger partial charge in [0, 0.05) is 9.50 Å². The van der Waals surface area contributed by atoms with E-state index in [9.17, 15) is 4.79 Å². The third-order valence-electron chi connectivity index (χ3n) is 1.78. The number of hydrogen-bond donors (Lipinski definition) is 1. The molecule has 1 aromatic carbocycles. The minimum Gasteiger partial charge on any atom is -0.301 e. The molecule has 1 aromatic heterocycles. The Balaban J connectivity index is 2.44. The van der Waals surface area contributed by atoms with E-state index < -0.39 is 0 Å². The lowest BCUT2D eigenvalue weighted by molar-refractivity contribution is -0.113. The van der Waals surface area contributed by atoms with Gasteiger partial charge < -0.3 is 5.32 Å². The zero-order chi connectivity index (χ0) is 11.7. The van der Waals surface area contributed by atoms with Crippen LogP contribution in [0.5, 0.6) is 0 Å². The number of carbonyl (C=O) groups is 1. The van der Waals surface area contributed by atoms with Gasteiger partial charge in [-0.3, -0.25) is 4.79 Å². The van der Waals surface area contributed by atoms with E-state index in [2.05, 4.69) is 26.2 Å². The zero-order valence-electron chi connectivity index (χ0n) is 7.76. The van der Waals surface area contributed by atoms with Crippen LogP contribution in [0.3, 0.4) is 0 Å². The average molecular weight is 340 g/mol. The summed E-state index contributed by atoms with van der Waals surface area (Å²) in [6.07, 6.45) is 0. The molecule has 0 spiro atoms. The Kier molecular flexibility index (Phi) is 3.69. The minimum absolute atomic E-state index is 0.0855. The second-order valence-electron chi connectivity index (χ2n) is 2.94. The molecule has 0 unspecified atom stereocenters. The number of benzene rings is 1. The molecule has 0 fully saturated rings. The molecule has 84 valence electrons. The predicted octanol–water partition coefficient (Wildman–Crippen LogP) is 3.89. The molecule has 2 rings (SSSR count). The third kappa shape index (κ3) is 2.48. The summed E-state index contributed by atoms with van der Waals surface area (Å²) in [6.45, 7) is 0. The van der Waals surface area contributed by atoms with E-state index in [1.807, 2.05) is 0 Å². The highest BCUT2D eigenvalue weighted by molar-refractivity contribution is 9.10. The zero-order valence-corrected chi connectivity index (χ0v) is 11.7. The fourth-order valence-electron chi connectivity index (χ4n) is 1.16. The van der Waals surface area contributed by atoms with Crippen LogP contribution in [-0.4, -0.2) is 16.8 Å². The summed E-state index contributed by atoms with van der Waals surface area (Å²) in [5.41, 5.74) is 0.777. The molecule has 0 atom stereocenters. The number of nitrogens with one attached hydrogen (secondary N) is 1. The van der Waals surface area contributed by atoms with E-state index in [0.717, 1.165) is 14.7 Å². The Hall–Kier alpha value is -0.360. The second kappa shape index (κ2) is 4.87. The average Bonchev–Trinajstić information content (AvgIpc) is 2.60. The summed E-state index contributed by atoms with van der Waals surface area (Å²) in [7, 11) is 0. The number of aromatic nitrogens is 1. The molecule has 1 N–H and O–H groups in total. The van der Waals surface area contributed by atoms with Crippen molar-refractivity contribution in [2.45, 2.75) is 0 Å². The van der Waals surface area contributed by atoms with Gasteiger partial charge in [0.05, 0.1) is 10.2 Å². The molecule has 0 aliphatic heterocycles. The fourth-order valence-corrected chi connectivity index (χ4v) is 3.27. The number of fused-ring (bicyclic) bond motifs is 1. The van der Waals surface area contributed by atoms with Crippen molar-refractivity contribution in [3.05, 3.63) is 21.6 Å². The van der Waals surface area contributed by atoms with Crippen molar-refractivity contribution in [1.82, 2.24) is 4.98 Å². The number of rotatable bonds is 2. The van der Waals surface area contributed by atoms with E-state index in [4.69, 9.17) is 23.2 Å². The Morgan fingerprint density at radius 2 is 2.31 bits per heavy atom. The molecular formula is C9H5BrCl2N2OS. The van der Waals surface area contributed by atoms with Crippen LogP contribution in [0.25, 0.3) is 10.2 Å². The van der Waals surface area contributed by atoms with Gasteiger partial charge in [0.1, 0.15) is 5.88 Å². The van der Waals surface area contributed by atoms with Crippen LogP contribution >= 0.6 is 50.5 Å². The van der Waals surface area contributed by atoms with Crippen LogP contribution in [0.15, 0.2) is 16.6 Å². The molecule has 0 aliphatic carbocycles. The summed E-state index contributed by atoms with van der Waals surface area (Å²) < 4.78 is 1.71. The molecule has 0 radical (unpaired) electrons. The normalized spacial score (nSPS) is 10.7. The van der Waals surface area contributed by atoms with Gasteiger partial charge in [-0.05, 0) is 28.1 Å². The SMILES string of the molecule is O=C(CCl)Nc1nc2c(Br)cc(Cl)cc2s1. The van der Waals surface area contributed by atoms with Crippen LogP contribution in [-0.2, 0) is 4.79 Å². The minimum atomic E-state index is -0.275. The number of anilines is 1. The van der Waals surface area contributed by atoms with E-state index >= 15 is 0 Å². The van der Waals surface area contributed by atoms with Gasteiger partial charge in [0.15, 0.2) is 5.13 Å². The first-order chi connectivity index (χ1) is 7.60. The molecule has 0 saturated carbocycles.